The van der Waals surface area contributed by atoms with E-state index in [-0.39, 0.29) is 23.9 Å². The number of amides is 2. The van der Waals surface area contributed by atoms with Gasteiger partial charge in [-0.25, -0.2) is 0 Å². The van der Waals surface area contributed by atoms with Gasteiger partial charge in [-0.2, -0.15) is 13.2 Å². The Hall–Kier alpha value is -3.40. The number of nitrogens with zero attached hydrogens (tertiary/aromatic N) is 2. The van der Waals surface area contributed by atoms with Crippen LogP contribution in [0.5, 0.6) is 0 Å². The SMILES string of the molecule is O=C(c1ccccc1)N1CC[C@H](NC2CN(C(=O)c3sc4cc(-c5ccc(C(F)(F)F)cc5)ccc4c3Cl)C2)C1. The minimum absolute atomic E-state index is 0.0381. The number of alkyl halides is 3. The molecule has 0 radical (unpaired) electrons. The molecular weight excluding hydrogens is 559 g/mol. The predicted molar refractivity (Wildman–Crippen MR) is 151 cm³/mol. The van der Waals surface area contributed by atoms with E-state index >= 15 is 0 Å². The lowest BCUT2D eigenvalue weighted by Crippen LogP contribution is -2.62. The molecule has 1 aromatic heterocycles. The van der Waals surface area contributed by atoms with Gasteiger partial charge in [0.15, 0.2) is 0 Å². The van der Waals surface area contributed by atoms with Crippen LogP contribution in [0.1, 0.15) is 32.0 Å². The van der Waals surface area contributed by atoms with Crippen LogP contribution in [-0.2, 0) is 6.18 Å². The predicted octanol–water partition coefficient (Wildman–Crippen LogP) is 6.57. The summed E-state index contributed by atoms with van der Waals surface area (Å²) >= 11 is 7.90. The first-order valence-electron chi connectivity index (χ1n) is 13.0. The highest BCUT2D eigenvalue weighted by Gasteiger charge is 2.36. The summed E-state index contributed by atoms with van der Waals surface area (Å²) in [7, 11) is 0. The van der Waals surface area contributed by atoms with Gasteiger partial charge >= 0.3 is 6.18 Å². The number of carbonyl (C=O) groups excluding carboxylic acids is 2. The summed E-state index contributed by atoms with van der Waals surface area (Å²) in [6, 6.07) is 20.1. The third kappa shape index (κ3) is 5.21. The maximum Gasteiger partial charge on any atom is 0.416 e. The van der Waals surface area contributed by atoms with Crippen LogP contribution in [0.3, 0.4) is 0 Å². The maximum absolute atomic E-state index is 13.2. The van der Waals surface area contributed by atoms with Crippen molar-refractivity contribution in [3.05, 3.63) is 93.8 Å². The number of halogens is 4. The van der Waals surface area contributed by atoms with E-state index in [1.165, 1.54) is 23.5 Å². The van der Waals surface area contributed by atoms with E-state index in [2.05, 4.69) is 5.32 Å². The molecule has 2 aliphatic rings. The molecule has 3 heterocycles. The summed E-state index contributed by atoms with van der Waals surface area (Å²) < 4.78 is 39.5. The lowest BCUT2D eigenvalue weighted by atomic mass is 10.0. The van der Waals surface area contributed by atoms with Crippen LogP contribution in [0.25, 0.3) is 21.2 Å². The molecule has 1 atom stereocenters. The van der Waals surface area contributed by atoms with Crippen LogP contribution in [-0.4, -0.2) is 59.9 Å². The molecule has 2 amide bonds. The minimum Gasteiger partial charge on any atom is -0.337 e. The van der Waals surface area contributed by atoms with Gasteiger partial charge in [0, 0.05) is 53.9 Å². The molecule has 2 aliphatic heterocycles. The molecule has 4 aromatic rings. The van der Waals surface area contributed by atoms with Gasteiger partial charge in [0.25, 0.3) is 11.8 Å². The molecule has 1 N–H and O–H groups in total. The van der Waals surface area contributed by atoms with Gasteiger partial charge in [-0.15, -0.1) is 11.3 Å². The Kier molecular flexibility index (Phi) is 7.06. The molecule has 3 aromatic carbocycles. The summed E-state index contributed by atoms with van der Waals surface area (Å²) in [6.45, 7) is 2.46. The molecule has 5 nitrogen and oxygen atoms in total. The number of thiophene rings is 1. The van der Waals surface area contributed by atoms with E-state index in [0.717, 1.165) is 34.2 Å². The van der Waals surface area contributed by atoms with Crippen molar-refractivity contribution in [3.8, 4) is 11.1 Å². The molecule has 0 saturated carbocycles. The van der Waals surface area contributed by atoms with E-state index in [0.29, 0.717) is 47.2 Å². The third-order valence-corrected chi connectivity index (χ3v) is 9.15. The summed E-state index contributed by atoms with van der Waals surface area (Å²) in [5, 5.41) is 4.72. The topological polar surface area (TPSA) is 52.7 Å². The van der Waals surface area contributed by atoms with Crippen molar-refractivity contribution in [3.63, 3.8) is 0 Å². The number of benzene rings is 3. The fourth-order valence-corrected chi connectivity index (χ4v) is 6.82. The number of rotatable bonds is 5. The fraction of sp³-hybridized carbons (Fsp3) is 0.267. The molecule has 6 rings (SSSR count). The Balaban J connectivity index is 1.07. The average molecular weight is 584 g/mol. The fourth-order valence-electron chi connectivity index (χ4n) is 5.30. The molecule has 0 unspecified atom stereocenters. The number of fused-ring (bicyclic) bond motifs is 1. The number of carbonyl (C=O) groups is 2. The van der Waals surface area contributed by atoms with Crippen molar-refractivity contribution in [1.29, 1.82) is 0 Å². The van der Waals surface area contributed by atoms with Crippen molar-refractivity contribution >= 4 is 44.8 Å². The Bertz CT molecular complexity index is 1570. The van der Waals surface area contributed by atoms with Crippen LogP contribution in [0.2, 0.25) is 5.02 Å². The van der Waals surface area contributed by atoms with Gasteiger partial charge in [0.05, 0.1) is 10.6 Å². The third-order valence-electron chi connectivity index (χ3n) is 7.51. The Morgan fingerprint density at radius 3 is 2.23 bits per heavy atom. The van der Waals surface area contributed by atoms with Crippen LogP contribution in [0.15, 0.2) is 72.8 Å². The van der Waals surface area contributed by atoms with E-state index in [9.17, 15) is 22.8 Å². The Morgan fingerprint density at radius 1 is 0.850 bits per heavy atom. The first-order valence-corrected chi connectivity index (χ1v) is 14.2. The van der Waals surface area contributed by atoms with Crippen molar-refractivity contribution in [2.75, 3.05) is 26.2 Å². The highest BCUT2D eigenvalue weighted by molar-refractivity contribution is 7.21. The average Bonchev–Trinajstić information content (AvgIpc) is 3.54. The van der Waals surface area contributed by atoms with E-state index < -0.39 is 11.7 Å². The van der Waals surface area contributed by atoms with Gasteiger partial charge in [-0.3, -0.25) is 9.59 Å². The first kappa shape index (κ1) is 26.8. The summed E-state index contributed by atoms with van der Waals surface area (Å²) in [5.74, 6) is -0.0937. The van der Waals surface area contributed by atoms with Gasteiger partial charge in [0.1, 0.15) is 4.88 Å². The van der Waals surface area contributed by atoms with E-state index in [1.807, 2.05) is 41.3 Å². The molecule has 0 bridgehead atoms. The van der Waals surface area contributed by atoms with Crippen molar-refractivity contribution in [1.82, 2.24) is 15.1 Å². The van der Waals surface area contributed by atoms with Gasteiger partial charge in [-0.1, -0.05) is 54.1 Å². The molecule has 0 aliphatic carbocycles. The summed E-state index contributed by atoms with van der Waals surface area (Å²) in [4.78, 5) is 30.0. The molecule has 2 fully saturated rings. The highest BCUT2D eigenvalue weighted by atomic mass is 35.5. The smallest absolute Gasteiger partial charge is 0.337 e. The van der Waals surface area contributed by atoms with Crippen molar-refractivity contribution in [2.24, 2.45) is 0 Å². The van der Waals surface area contributed by atoms with Crippen LogP contribution in [0.4, 0.5) is 13.2 Å². The van der Waals surface area contributed by atoms with Gasteiger partial charge < -0.3 is 15.1 Å². The highest BCUT2D eigenvalue weighted by Crippen LogP contribution is 2.39. The quantitative estimate of drug-likeness (QED) is 0.289. The van der Waals surface area contributed by atoms with E-state index in [1.54, 1.807) is 17.0 Å². The first-order chi connectivity index (χ1) is 19.2. The van der Waals surface area contributed by atoms with Crippen LogP contribution >= 0.6 is 22.9 Å². The van der Waals surface area contributed by atoms with Crippen LogP contribution < -0.4 is 5.32 Å². The normalized spacial score (nSPS) is 17.9. The lowest BCUT2D eigenvalue weighted by molar-refractivity contribution is -0.137. The summed E-state index contributed by atoms with van der Waals surface area (Å²) in [5.41, 5.74) is 1.40. The zero-order chi connectivity index (χ0) is 28.0. The van der Waals surface area contributed by atoms with Crippen molar-refractivity contribution < 1.29 is 22.8 Å². The van der Waals surface area contributed by atoms with Gasteiger partial charge in [-0.05, 0) is 47.9 Å². The molecule has 40 heavy (non-hydrogen) atoms. The number of hydrogen-bond donors (Lipinski definition) is 1. The van der Waals surface area contributed by atoms with Crippen LogP contribution in [0, 0.1) is 0 Å². The second-order valence-corrected chi connectivity index (χ2v) is 11.6. The molecule has 2 saturated heterocycles. The zero-order valence-corrected chi connectivity index (χ0v) is 22.8. The van der Waals surface area contributed by atoms with Crippen molar-refractivity contribution in [2.45, 2.75) is 24.7 Å². The van der Waals surface area contributed by atoms with Gasteiger partial charge in [0.2, 0.25) is 0 Å². The standard InChI is InChI=1S/C30H25ClF3N3O2S/c31-26-24-11-8-20(18-6-9-21(10-7-18)30(32,33)34)14-25(24)40-27(26)29(39)37-16-23(17-37)35-22-12-13-36(15-22)28(38)19-4-2-1-3-5-19/h1-11,14,22-23,35H,12-13,15-17H2/t22-/m0/s1. The molecule has 206 valence electrons. The minimum atomic E-state index is -4.39. The number of nitrogens with one attached hydrogen (secondary N) is 1. The number of hydrogen-bond acceptors (Lipinski definition) is 4. The second-order valence-electron chi connectivity index (χ2n) is 10.2. The second kappa shape index (κ2) is 10.5. The maximum atomic E-state index is 13.2. The monoisotopic (exact) mass is 583 g/mol. The Labute approximate surface area is 238 Å². The molecular formula is C30H25ClF3N3O2S. The Morgan fingerprint density at radius 2 is 1.52 bits per heavy atom. The molecule has 0 spiro atoms. The van der Waals surface area contributed by atoms with E-state index in [4.69, 9.17) is 11.6 Å². The number of likely N-dealkylation sites (tertiary alicyclic amines) is 2. The zero-order valence-electron chi connectivity index (χ0n) is 21.2. The summed E-state index contributed by atoms with van der Waals surface area (Å²) in [6.07, 6.45) is -3.52. The lowest BCUT2D eigenvalue weighted by Gasteiger charge is -2.41. The largest absolute Gasteiger partial charge is 0.416 e. The molecule has 10 heteroatoms.